The summed E-state index contributed by atoms with van der Waals surface area (Å²) in [4.78, 5) is 0. The first kappa shape index (κ1) is 15.6. The van der Waals surface area contributed by atoms with Crippen LogP contribution in [0.2, 0.25) is 5.02 Å². The smallest absolute Gasteiger partial charge is 0.0926 e. The molecule has 0 fully saturated rings. The Morgan fingerprint density at radius 3 is 2.48 bits per heavy atom. The molecule has 0 aliphatic heterocycles. The van der Waals surface area contributed by atoms with Crippen LogP contribution in [-0.4, -0.2) is 9.78 Å². The SMILES string of the molecule is CC=C(C=CC(C)C)c1cc(-c2ccc(Cl)cc2)n(C)n1. The molecule has 0 atom stereocenters. The predicted molar refractivity (Wildman–Crippen MR) is 91.3 cm³/mol. The molecule has 2 nitrogen and oxygen atoms in total. The topological polar surface area (TPSA) is 17.8 Å². The maximum atomic E-state index is 5.95. The maximum Gasteiger partial charge on any atom is 0.0926 e. The molecule has 1 aromatic heterocycles. The molecule has 0 radical (unpaired) electrons. The van der Waals surface area contributed by atoms with Crippen LogP contribution in [0.25, 0.3) is 16.8 Å². The van der Waals surface area contributed by atoms with Gasteiger partial charge >= 0.3 is 0 Å². The van der Waals surface area contributed by atoms with Crippen molar-refractivity contribution in [3.05, 3.63) is 59.3 Å². The van der Waals surface area contributed by atoms with E-state index in [4.69, 9.17) is 11.6 Å². The molecule has 2 rings (SSSR count). The first-order chi connectivity index (χ1) is 10.0. The van der Waals surface area contributed by atoms with Gasteiger partial charge in [-0.05, 0) is 42.2 Å². The molecule has 0 saturated heterocycles. The van der Waals surface area contributed by atoms with Crippen LogP contribution in [0.4, 0.5) is 0 Å². The second-order valence-electron chi connectivity index (χ2n) is 5.39. The van der Waals surface area contributed by atoms with E-state index in [1.165, 1.54) is 0 Å². The molecule has 0 saturated carbocycles. The lowest BCUT2D eigenvalue weighted by molar-refractivity contribution is 0.771. The van der Waals surface area contributed by atoms with Gasteiger partial charge < -0.3 is 0 Å². The van der Waals surface area contributed by atoms with Gasteiger partial charge in [0, 0.05) is 12.1 Å². The van der Waals surface area contributed by atoms with E-state index in [9.17, 15) is 0 Å². The number of hydrogen-bond donors (Lipinski definition) is 0. The monoisotopic (exact) mass is 300 g/mol. The van der Waals surface area contributed by atoms with E-state index < -0.39 is 0 Å². The minimum atomic E-state index is 0.527. The van der Waals surface area contributed by atoms with Gasteiger partial charge in [-0.3, -0.25) is 4.68 Å². The molecular formula is C18H21ClN2. The van der Waals surface area contributed by atoms with Crippen molar-refractivity contribution in [3.8, 4) is 11.3 Å². The Labute approximate surface area is 131 Å². The van der Waals surface area contributed by atoms with Crippen LogP contribution < -0.4 is 0 Å². The largest absolute Gasteiger partial charge is 0.267 e. The highest BCUT2D eigenvalue weighted by Gasteiger charge is 2.09. The molecule has 21 heavy (non-hydrogen) atoms. The van der Waals surface area contributed by atoms with Crippen molar-refractivity contribution in [3.63, 3.8) is 0 Å². The highest BCUT2D eigenvalue weighted by atomic mass is 35.5. The van der Waals surface area contributed by atoms with Gasteiger partial charge in [0.25, 0.3) is 0 Å². The Hall–Kier alpha value is -1.80. The summed E-state index contributed by atoms with van der Waals surface area (Å²) in [6, 6.07) is 9.95. The third-order valence-electron chi connectivity index (χ3n) is 3.29. The first-order valence-electron chi connectivity index (χ1n) is 7.16. The highest BCUT2D eigenvalue weighted by Crippen LogP contribution is 2.25. The summed E-state index contributed by atoms with van der Waals surface area (Å²) in [5.41, 5.74) is 4.32. The van der Waals surface area contributed by atoms with E-state index >= 15 is 0 Å². The summed E-state index contributed by atoms with van der Waals surface area (Å²) >= 11 is 5.95. The average molecular weight is 301 g/mol. The lowest BCUT2D eigenvalue weighted by Gasteiger charge is -2.00. The van der Waals surface area contributed by atoms with Crippen LogP contribution in [0.15, 0.2) is 48.6 Å². The minimum Gasteiger partial charge on any atom is -0.267 e. The van der Waals surface area contributed by atoms with E-state index in [0.29, 0.717) is 5.92 Å². The maximum absolute atomic E-state index is 5.95. The van der Waals surface area contributed by atoms with Crippen molar-refractivity contribution < 1.29 is 0 Å². The molecule has 0 unspecified atom stereocenters. The van der Waals surface area contributed by atoms with Crippen LogP contribution >= 0.6 is 11.6 Å². The van der Waals surface area contributed by atoms with Crippen molar-refractivity contribution in [2.75, 3.05) is 0 Å². The molecule has 0 bridgehead atoms. The van der Waals surface area contributed by atoms with E-state index in [2.05, 4.69) is 43.2 Å². The van der Waals surface area contributed by atoms with E-state index in [1.54, 1.807) is 0 Å². The van der Waals surface area contributed by atoms with Gasteiger partial charge in [0.15, 0.2) is 0 Å². The van der Waals surface area contributed by atoms with E-state index in [1.807, 2.05) is 42.9 Å². The average Bonchev–Trinajstić information content (AvgIpc) is 2.82. The lowest BCUT2D eigenvalue weighted by Crippen LogP contribution is -1.94. The Bertz CT molecular complexity index is 661. The lowest BCUT2D eigenvalue weighted by atomic mass is 10.1. The molecule has 0 amide bonds. The second-order valence-corrected chi connectivity index (χ2v) is 5.83. The van der Waals surface area contributed by atoms with Crippen LogP contribution in [0.1, 0.15) is 26.5 Å². The summed E-state index contributed by atoms with van der Waals surface area (Å²) in [5.74, 6) is 0.527. The van der Waals surface area contributed by atoms with Crippen LogP contribution in [0.5, 0.6) is 0 Å². The standard InChI is InChI=1S/C18H21ClN2/c1-5-14(7-6-13(2)3)17-12-18(21(4)20-17)15-8-10-16(19)11-9-15/h5-13H,1-4H3. The van der Waals surface area contributed by atoms with Gasteiger partial charge in [-0.1, -0.05) is 55.8 Å². The summed E-state index contributed by atoms with van der Waals surface area (Å²) < 4.78 is 1.91. The van der Waals surface area contributed by atoms with E-state index in [0.717, 1.165) is 27.5 Å². The number of aromatic nitrogens is 2. The quantitative estimate of drug-likeness (QED) is 0.695. The van der Waals surface area contributed by atoms with Gasteiger partial charge in [-0.15, -0.1) is 0 Å². The van der Waals surface area contributed by atoms with Gasteiger partial charge in [0.1, 0.15) is 0 Å². The van der Waals surface area contributed by atoms with E-state index in [-0.39, 0.29) is 0 Å². The van der Waals surface area contributed by atoms with Crippen molar-refractivity contribution in [1.82, 2.24) is 9.78 Å². The normalized spacial score (nSPS) is 12.6. The molecule has 0 aliphatic carbocycles. The molecule has 0 aliphatic rings. The van der Waals surface area contributed by atoms with Gasteiger partial charge in [0.2, 0.25) is 0 Å². The summed E-state index contributed by atoms with van der Waals surface area (Å²) in [5, 5.41) is 5.37. The first-order valence-corrected chi connectivity index (χ1v) is 7.54. The second kappa shape index (κ2) is 6.77. The Morgan fingerprint density at radius 1 is 1.24 bits per heavy atom. The fraction of sp³-hybridized carbons (Fsp3) is 0.278. The van der Waals surface area contributed by atoms with Crippen molar-refractivity contribution in [2.45, 2.75) is 20.8 Å². The molecule has 0 spiro atoms. The molecule has 110 valence electrons. The number of allylic oxidation sites excluding steroid dienone is 4. The third kappa shape index (κ3) is 3.85. The molecular weight excluding hydrogens is 280 g/mol. The fourth-order valence-electron chi connectivity index (χ4n) is 2.12. The van der Waals surface area contributed by atoms with Crippen molar-refractivity contribution in [1.29, 1.82) is 0 Å². The zero-order valence-electron chi connectivity index (χ0n) is 13.0. The molecule has 1 aromatic carbocycles. The van der Waals surface area contributed by atoms with Crippen LogP contribution in [-0.2, 0) is 7.05 Å². The van der Waals surface area contributed by atoms with Gasteiger partial charge in [-0.25, -0.2) is 0 Å². The number of nitrogens with zero attached hydrogens (tertiary/aromatic N) is 2. The number of aryl methyl sites for hydroxylation is 1. The van der Waals surface area contributed by atoms with Crippen LogP contribution in [0.3, 0.4) is 0 Å². The summed E-state index contributed by atoms with van der Waals surface area (Å²) in [7, 11) is 1.97. The molecule has 0 N–H and O–H groups in total. The Morgan fingerprint density at radius 2 is 1.90 bits per heavy atom. The molecule has 1 heterocycles. The van der Waals surface area contributed by atoms with Crippen molar-refractivity contribution in [2.24, 2.45) is 13.0 Å². The minimum absolute atomic E-state index is 0.527. The number of halogens is 1. The van der Waals surface area contributed by atoms with Gasteiger partial charge in [0.05, 0.1) is 11.4 Å². The fourth-order valence-corrected chi connectivity index (χ4v) is 2.25. The number of hydrogen-bond acceptors (Lipinski definition) is 1. The summed E-state index contributed by atoms with van der Waals surface area (Å²) in [6.07, 6.45) is 6.41. The van der Waals surface area contributed by atoms with Gasteiger partial charge in [-0.2, -0.15) is 5.10 Å². The third-order valence-corrected chi connectivity index (χ3v) is 3.54. The predicted octanol–water partition coefficient (Wildman–Crippen LogP) is 5.36. The molecule has 3 heteroatoms. The molecule has 2 aromatic rings. The number of benzene rings is 1. The highest BCUT2D eigenvalue weighted by molar-refractivity contribution is 6.30. The van der Waals surface area contributed by atoms with Crippen LogP contribution in [0, 0.1) is 5.92 Å². The zero-order valence-corrected chi connectivity index (χ0v) is 13.7. The van der Waals surface area contributed by atoms with Crippen molar-refractivity contribution >= 4 is 17.2 Å². The Balaban J connectivity index is 2.36. The number of rotatable bonds is 4. The zero-order chi connectivity index (χ0) is 15.4. The summed E-state index contributed by atoms with van der Waals surface area (Å²) in [6.45, 7) is 6.37. The Kier molecular flexibility index (Phi) is 5.03.